The van der Waals surface area contributed by atoms with Crippen molar-refractivity contribution in [2.24, 2.45) is 0 Å². The molecule has 0 saturated heterocycles. The molecule has 0 unspecified atom stereocenters. The van der Waals surface area contributed by atoms with E-state index in [1.54, 1.807) is 0 Å². The van der Waals surface area contributed by atoms with Crippen LogP contribution in [0.1, 0.15) is 22.3 Å². The Bertz CT molecular complexity index is 1950. The fourth-order valence-corrected chi connectivity index (χ4v) is 6.56. The van der Waals surface area contributed by atoms with Gasteiger partial charge < -0.3 is 9.73 Å². The van der Waals surface area contributed by atoms with Crippen molar-refractivity contribution < 1.29 is 4.42 Å². The Morgan fingerprint density at radius 3 is 1.82 bits per heavy atom. The Kier molecular flexibility index (Phi) is 4.77. The first kappa shape index (κ1) is 22.0. The molecule has 0 radical (unpaired) electrons. The fraction of sp³-hybridized carbons (Fsp3) is 0.0270. The molecule has 184 valence electrons. The predicted molar refractivity (Wildman–Crippen MR) is 161 cm³/mol. The van der Waals surface area contributed by atoms with Gasteiger partial charge in [0.1, 0.15) is 11.2 Å². The summed E-state index contributed by atoms with van der Waals surface area (Å²) in [6.07, 6.45) is 0. The number of rotatable bonds is 4. The molecule has 1 N–H and O–H groups in total. The standard InChI is InChI=1S/C37H25NO/c1-2-12-25(13-3-1)37(31-17-7-4-14-27(31)28-15-5-8-18-32(28)37)33-19-9-10-20-34(33)38-26-22-23-30-29-16-6-11-21-35(29)39-36(30)24-26/h1-24,38H. The van der Waals surface area contributed by atoms with E-state index in [2.05, 4.69) is 139 Å². The number of nitrogens with one attached hydrogen (secondary N) is 1. The minimum atomic E-state index is -0.457. The van der Waals surface area contributed by atoms with Gasteiger partial charge in [-0.15, -0.1) is 0 Å². The molecule has 1 heterocycles. The van der Waals surface area contributed by atoms with Crippen LogP contribution in [0.4, 0.5) is 11.4 Å². The van der Waals surface area contributed by atoms with Gasteiger partial charge in [0.05, 0.1) is 5.41 Å². The maximum Gasteiger partial charge on any atom is 0.137 e. The normalized spacial score (nSPS) is 13.3. The average molecular weight is 500 g/mol. The minimum Gasteiger partial charge on any atom is -0.456 e. The summed E-state index contributed by atoms with van der Waals surface area (Å²) in [5.74, 6) is 0. The molecule has 0 amide bonds. The molecule has 1 aliphatic rings. The van der Waals surface area contributed by atoms with Gasteiger partial charge in [0.25, 0.3) is 0 Å². The summed E-state index contributed by atoms with van der Waals surface area (Å²) in [7, 11) is 0. The van der Waals surface area contributed by atoms with E-state index in [-0.39, 0.29) is 0 Å². The summed E-state index contributed by atoms with van der Waals surface area (Å²) in [5.41, 5.74) is 11.1. The van der Waals surface area contributed by atoms with E-state index in [4.69, 9.17) is 4.42 Å². The van der Waals surface area contributed by atoms with Gasteiger partial charge in [0.15, 0.2) is 0 Å². The van der Waals surface area contributed by atoms with Crippen LogP contribution in [0, 0.1) is 0 Å². The summed E-state index contributed by atoms with van der Waals surface area (Å²) in [4.78, 5) is 0. The SMILES string of the molecule is c1ccc(C2(c3ccccc3Nc3ccc4c(c3)oc3ccccc34)c3ccccc3-c3ccccc32)cc1. The van der Waals surface area contributed by atoms with Crippen LogP contribution in [0.25, 0.3) is 33.1 Å². The first-order valence-electron chi connectivity index (χ1n) is 13.4. The van der Waals surface area contributed by atoms with Gasteiger partial charge in [-0.1, -0.05) is 115 Å². The second-order valence-electron chi connectivity index (χ2n) is 10.2. The highest BCUT2D eigenvalue weighted by Crippen LogP contribution is 2.57. The van der Waals surface area contributed by atoms with Gasteiger partial charge in [0.2, 0.25) is 0 Å². The predicted octanol–water partition coefficient (Wildman–Crippen LogP) is 9.69. The van der Waals surface area contributed by atoms with Crippen molar-refractivity contribution >= 4 is 33.3 Å². The van der Waals surface area contributed by atoms with E-state index < -0.39 is 5.41 Å². The van der Waals surface area contributed by atoms with E-state index in [9.17, 15) is 0 Å². The van der Waals surface area contributed by atoms with Crippen LogP contribution >= 0.6 is 0 Å². The Morgan fingerprint density at radius 1 is 0.462 bits per heavy atom. The van der Waals surface area contributed by atoms with Crippen LogP contribution in [-0.4, -0.2) is 0 Å². The molecule has 2 nitrogen and oxygen atoms in total. The van der Waals surface area contributed by atoms with Crippen molar-refractivity contribution in [1.82, 2.24) is 0 Å². The van der Waals surface area contributed by atoms with Gasteiger partial charge in [-0.3, -0.25) is 0 Å². The highest BCUT2D eigenvalue weighted by atomic mass is 16.3. The molecule has 0 bridgehead atoms. The third-order valence-corrected chi connectivity index (χ3v) is 8.15. The topological polar surface area (TPSA) is 25.2 Å². The van der Waals surface area contributed by atoms with E-state index in [1.807, 2.05) is 12.1 Å². The van der Waals surface area contributed by atoms with Crippen LogP contribution in [0.15, 0.2) is 150 Å². The quantitative estimate of drug-likeness (QED) is 0.261. The minimum absolute atomic E-state index is 0.457. The number of fused-ring (bicyclic) bond motifs is 6. The first-order chi connectivity index (χ1) is 19.3. The second kappa shape index (κ2) is 8.47. The number of para-hydroxylation sites is 2. The van der Waals surface area contributed by atoms with Crippen molar-refractivity contribution in [1.29, 1.82) is 0 Å². The molecule has 1 aromatic heterocycles. The lowest BCUT2D eigenvalue weighted by molar-refractivity contribution is 0.669. The zero-order chi connectivity index (χ0) is 25.8. The summed E-state index contributed by atoms with van der Waals surface area (Å²) < 4.78 is 6.20. The number of hydrogen-bond acceptors (Lipinski definition) is 2. The molecule has 6 aromatic carbocycles. The maximum atomic E-state index is 6.20. The summed E-state index contributed by atoms with van der Waals surface area (Å²) in [5, 5.41) is 6.05. The van der Waals surface area contributed by atoms with E-state index in [0.29, 0.717) is 0 Å². The average Bonchev–Trinajstić information content (AvgIpc) is 3.52. The highest BCUT2D eigenvalue weighted by molar-refractivity contribution is 6.05. The number of anilines is 2. The third kappa shape index (κ3) is 3.15. The van der Waals surface area contributed by atoms with Crippen LogP contribution in [0.5, 0.6) is 0 Å². The Morgan fingerprint density at radius 2 is 1.05 bits per heavy atom. The summed E-state index contributed by atoms with van der Waals surface area (Å²) in [6, 6.07) is 51.9. The van der Waals surface area contributed by atoms with Gasteiger partial charge in [-0.05, 0) is 57.6 Å². The van der Waals surface area contributed by atoms with Crippen LogP contribution in [0.3, 0.4) is 0 Å². The fourth-order valence-electron chi connectivity index (χ4n) is 6.56. The van der Waals surface area contributed by atoms with Crippen molar-refractivity contribution in [2.45, 2.75) is 5.41 Å². The summed E-state index contributed by atoms with van der Waals surface area (Å²) in [6.45, 7) is 0. The molecule has 8 rings (SSSR count). The van der Waals surface area contributed by atoms with Gasteiger partial charge in [-0.2, -0.15) is 0 Å². The Balaban J connectivity index is 1.36. The molecule has 0 fully saturated rings. The molecule has 39 heavy (non-hydrogen) atoms. The summed E-state index contributed by atoms with van der Waals surface area (Å²) >= 11 is 0. The number of furan rings is 1. The second-order valence-corrected chi connectivity index (χ2v) is 10.2. The number of hydrogen-bond donors (Lipinski definition) is 1. The molecule has 7 aromatic rings. The smallest absolute Gasteiger partial charge is 0.137 e. The molecular formula is C37H25NO. The largest absolute Gasteiger partial charge is 0.456 e. The highest BCUT2D eigenvalue weighted by Gasteiger charge is 2.46. The zero-order valence-corrected chi connectivity index (χ0v) is 21.3. The lowest BCUT2D eigenvalue weighted by Gasteiger charge is -2.35. The van der Waals surface area contributed by atoms with Gasteiger partial charge >= 0.3 is 0 Å². The van der Waals surface area contributed by atoms with Crippen molar-refractivity contribution in [2.75, 3.05) is 5.32 Å². The zero-order valence-electron chi connectivity index (χ0n) is 21.3. The Labute approximate surface area is 227 Å². The van der Waals surface area contributed by atoms with Crippen LogP contribution in [0.2, 0.25) is 0 Å². The van der Waals surface area contributed by atoms with Crippen LogP contribution < -0.4 is 5.32 Å². The van der Waals surface area contributed by atoms with E-state index in [0.717, 1.165) is 33.3 Å². The number of benzene rings is 6. The molecule has 1 aliphatic carbocycles. The molecule has 0 saturated carbocycles. The maximum absolute atomic E-state index is 6.20. The molecule has 0 atom stereocenters. The van der Waals surface area contributed by atoms with Gasteiger partial charge in [0, 0.05) is 28.2 Å². The first-order valence-corrected chi connectivity index (χ1v) is 13.4. The third-order valence-electron chi connectivity index (χ3n) is 8.15. The monoisotopic (exact) mass is 499 g/mol. The molecular weight excluding hydrogens is 474 g/mol. The molecule has 0 aliphatic heterocycles. The van der Waals surface area contributed by atoms with Crippen molar-refractivity contribution in [3.05, 3.63) is 168 Å². The van der Waals surface area contributed by atoms with E-state index >= 15 is 0 Å². The van der Waals surface area contributed by atoms with Crippen LogP contribution in [-0.2, 0) is 5.41 Å². The molecule has 2 heteroatoms. The Hall–Kier alpha value is -5.08. The van der Waals surface area contributed by atoms with E-state index in [1.165, 1.54) is 33.4 Å². The van der Waals surface area contributed by atoms with Gasteiger partial charge in [-0.25, -0.2) is 0 Å². The lowest BCUT2D eigenvalue weighted by Crippen LogP contribution is -2.29. The van der Waals surface area contributed by atoms with Crippen molar-refractivity contribution in [3.8, 4) is 11.1 Å². The lowest BCUT2D eigenvalue weighted by atomic mass is 9.67. The molecule has 0 spiro atoms. The van der Waals surface area contributed by atoms with Crippen molar-refractivity contribution in [3.63, 3.8) is 0 Å².